The van der Waals surface area contributed by atoms with Crippen LogP contribution in [0.5, 0.6) is 0 Å². The average Bonchev–Trinajstić information content (AvgIpc) is 2.66. The molecular formula is C20H21Cl2N3O3. The highest BCUT2D eigenvalue weighted by molar-refractivity contribution is 6.30. The van der Waals surface area contributed by atoms with Crippen molar-refractivity contribution < 1.29 is 14.4 Å². The fourth-order valence-electron chi connectivity index (χ4n) is 2.40. The van der Waals surface area contributed by atoms with Crippen LogP contribution in [0, 0.1) is 5.92 Å². The van der Waals surface area contributed by atoms with E-state index in [4.69, 9.17) is 23.2 Å². The van der Waals surface area contributed by atoms with Crippen LogP contribution in [0.1, 0.15) is 29.8 Å². The first-order valence-corrected chi connectivity index (χ1v) is 9.41. The summed E-state index contributed by atoms with van der Waals surface area (Å²) >= 11 is 11.6. The molecule has 6 nitrogen and oxygen atoms in total. The monoisotopic (exact) mass is 421 g/mol. The number of hydrogen-bond donors (Lipinski definition) is 3. The predicted octanol–water partition coefficient (Wildman–Crippen LogP) is 3.14. The molecule has 148 valence electrons. The zero-order valence-corrected chi connectivity index (χ0v) is 17.0. The van der Waals surface area contributed by atoms with E-state index in [1.54, 1.807) is 62.4 Å². The number of benzene rings is 2. The van der Waals surface area contributed by atoms with Crippen LogP contribution >= 0.6 is 23.2 Å². The summed E-state index contributed by atoms with van der Waals surface area (Å²) in [6, 6.07) is 12.3. The van der Waals surface area contributed by atoms with E-state index in [1.165, 1.54) is 0 Å². The number of amides is 3. The summed E-state index contributed by atoms with van der Waals surface area (Å²) in [6.07, 6.45) is 0.0843. The molecule has 0 unspecified atom stereocenters. The molecule has 0 fully saturated rings. The highest BCUT2D eigenvalue weighted by Gasteiger charge is 2.25. The molecule has 0 bridgehead atoms. The van der Waals surface area contributed by atoms with Gasteiger partial charge in [-0.05, 0) is 47.9 Å². The quantitative estimate of drug-likeness (QED) is 0.626. The molecule has 0 radical (unpaired) electrons. The Morgan fingerprint density at radius 3 is 1.93 bits per heavy atom. The highest BCUT2D eigenvalue weighted by atomic mass is 35.5. The molecule has 0 aliphatic rings. The predicted molar refractivity (Wildman–Crippen MR) is 109 cm³/mol. The molecule has 0 saturated carbocycles. The van der Waals surface area contributed by atoms with Gasteiger partial charge in [0.1, 0.15) is 6.04 Å². The summed E-state index contributed by atoms with van der Waals surface area (Å²) in [6.45, 7) is 3.59. The average molecular weight is 422 g/mol. The second-order valence-electron chi connectivity index (χ2n) is 6.54. The molecule has 2 aromatic rings. The number of carbonyl (C=O) groups is 3. The van der Waals surface area contributed by atoms with Gasteiger partial charge in [0.2, 0.25) is 5.91 Å². The molecule has 3 N–H and O–H groups in total. The highest BCUT2D eigenvalue weighted by Crippen LogP contribution is 2.11. The molecule has 2 rings (SSSR count). The third-order valence-electron chi connectivity index (χ3n) is 3.95. The zero-order valence-electron chi connectivity index (χ0n) is 15.5. The molecule has 0 aromatic heterocycles. The smallest absolute Gasteiger partial charge is 0.261 e. The Balaban J connectivity index is 1.91. The molecule has 8 heteroatoms. The Kier molecular flexibility index (Phi) is 7.84. The van der Waals surface area contributed by atoms with Crippen molar-refractivity contribution in [1.29, 1.82) is 0 Å². The second-order valence-corrected chi connectivity index (χ2v) is 7.42. The van der Waals surface area contributed by atoms with Crippen molar-refractivity contribution in [2.45, 2.75) is 26.3 Å². The van der Waals surface area contributed by atoms with E-state index < -0.39 is 17.9 Å². The summed E-state index contributed by atoms with van der Waals surface area (Å²) in [5, 5.41) is 3.76. The molecule has 0 aliphatic carbocycles. The maximum Gasteiger partial charge on any atom is 0.261 e. The van der Waals surface area contributed by atoms with E-state index >= 15 is 0 Å². The van der Waals surface area contributed by atoms with Crippen LogP contribution in [0.3, 0.4) is 0 Å². The number of hydrazine groups is 1. The van der Waals surface area contributed by atoms with Crippen LogP contribution in [0.2, 0.25) is 10.0 Å². The van der Waals surface area contributed by atoms with Crippen molar-refractivity contribution in [3.8, 4) is 0 Å². The van der Waals surface area contributed by atoms with Gasteiger partial charge in [-0.2, -0.15) is 0 Å². The molecule has 2 aromatic carbocycles. The van der Waals surface area contributed by atoms with Gasteiger partial charge in [-0.3, -0.25) is 25.2 Å². The maximum absolute atomic E-state index is 12.4. The summed E-state index contributed by atoms with van der Waals surface area (Å²) in [5.74, 6) is -1.49. The van der Waals surface area contributed by atoms with Crippen molar-refractivity contribution in [2.24, 2.45) is 5.92 Å². The summed E-state index contributed by atoms with van der Waals surface area (Å²) in [4.78, 5) is 36.8. The van der Waals surface area contributed by atoms with E-state index in [-0.39, 0.29) is 18.2 Å². The van der Waals surface area contributed by atoms with Crippen LogP contribution in [0.4, 0.5) is 0 Å². The van der Waals surface area contributed by atoms with Crippen molar-refractivity contribution in [1.82, 2.24) is 16.2 Å². The Labute approximate surface area is 173 Å². The van der Waals surface area contributed by atoms with Crippen LogP contribution in [0.25, 0.3) is 0 Å². The zero-order chi connectivity index (χ0) is 20.7. The fraction of sp³-hybridized carbons (Fsp3) is 0.250. The van der Waals surface area contributed by atoms with Gasteiger partial charge < -0.3 is 5.32 Å². The van der Waals surface area contributed by atoms with Crippen LogP contribution in [-0.4, -0.2) is 23.8 Å². The third kappa shape index (κ3) is 6.55. The second kappa shape index (κ2) is 10.1. The lowest BCUT2D eigenvalue weighted by Crippen LogP contribution is -2.54. The standard InChI is InChI=1S/C20H21Cl2N3O3/c1-12(2)18(23-19(27)14-5-9-16(22)10-6-14)20(28)25-24-17(26)11-13-3-7-15(21)8-4-13/h3-10,12,18H,11H2,1-2H3,(H,23,27)(H,24,26)(H,25,28)/t18-/m0/s1. The van der Waals surface area contributed by atoms with Gasteiger partial charge in [0.05, 0.1) is 6.42 Å². The molecule has 0 heterocycles. The first kappa shape index (κ1) is 21.7. The molecule has 0 saturated heterocycles. The van der Waals surface area contributed by atoms with Crippen LogP contribution in [-0.2, 0) is 16.0 Å². The normalized spacial score (nSPS) is 11.6. The molecule has 0 spiro atoms. The van der Waals surface area contributed by atoms with Gasteiger partial charge in [-0.25, -0.2) is 0 Å². The van der Waals surface area contributed by atoms with E-state index in [2.05, 4.69) is 16.2 Å². The Hall–Kier alpha value is -2.57. The fourth-order valence-corrected chi connectivity index (χ4v) is 2.65. The van der Waals surface area contributed by atoms with Crippen LogP contribution in [0.15, 0.2) is 48.5 Å². The molecule has 0 aliphatic heterocycles. The maximum atomic E-state index is 12.4. The van der Waals surface area contributed by atoms with Gasteiger partial charge in [0.25, 0.3) is 11.8 Å². The van der Waals surface area contributed by atoms with Crippen molar-refractivity contribution in [3.05, 3.63) is 69.7 Å². The van der Waals surface area contributed by atoms with E-state index in [1.807, 2.05) is 0 Å². The largest absolute Gasteiger partial charge is 0.340 e. The SMILES string of the molecule is CC(C)[C@H](NC(=O)c1ccc(Cl)cc1)C(=O)NNC(=O)Cc1ccc(Cl)cc1. The van der Waals surface area contributed by atoms with Crippen molar-refractivity contribution in [2.75, 3.05) is 0 Å². The number of hydrogen-bond acceptors (Lipinski definition) is 3. The van der Waals surface area contributed by atoms with E-state index in [9.17, 15) is 14.4 Å². The minimum atomic E-state index is -0.820. The van der Waals surface area contributed by atoms with Crippen molar-refractivity contribution in [3.63, 3.8) is 0 Å². The van der Waals surface area contributed by atoms with Gasteiger partial charge in [0.15, 0.2) is 0 Å². The first-order chi connectivity index (χ1) is 13.3. The summed E-state index contributed by atoms with van der Waals surface area (Å²) in [5.41, 5.74) is 5.86. The minimum Gasteiger partial charge on any atom is -0.340 e. The van der Waals surface area contributed by atoms with Crippen LogP contribution < -0.4 is 16.2 Å². The number of halogens is 2. The number of rotatable bonds is 6. The van der Waals surface area contributed by atoms with Gasteiger partial charge in [-0.1, -0.05) is 49.2 Å². The number of nitrogens with one attached hydrogen (secondary N) is 3. The summed E-state index contributed by atoms with van der Waals surface area (Å²) in [7, 11) is 0. The van der Waals surface area contributed by atoms with Gasteiger partial charge in [0, 0.05) is 15.6 Å². The number of carbonyl (C=O) groups excluding carboxylic acids is 3. The Morgan fingerprint density at radius 1 is 0.857 bits per heavy atom. The van der Waals surface area contributed by atoms with E-state index in [0.717, 1.165) is 5.56 Å². The first-order valence-electron chi connectivity index (χ1n) is 8.66. The lowest BCUT2D eigenvalue weighted by Gasteiger charge is -2.22. The molecule has 28 heavy (non-hydrogen) atoms. The Morgan fingerprint density at radius 2 is 1.39 bits per heavy atom. The topological polar surface area (TPSA) is 87.3 Å². The third-order valence-corrected chi connectivity index (χ3v) is 4.45. The Bertz CT molecular complexity index is 837. The summed E-state index contributed by atoms with van der Waals surface area (Å²) < 4.78 is 0. The van der Waals surface area contributed by atoms with E-state index in [0.29, 0.717) is 15.6 Å². The lowest BCUT2D eigenvalue weighted by molar-refractivity contribution is -0.130. The molecule has 1 atom stereocenters. The lowest BCUT2D eigenvalue weighted by atomic mass is 10.0. The van der Waals surface area contributed by atoms with Crippen molar-refractivity contribution >= 4 is 40.9 Å². The molecule has 3 amide bonds. The molecular weight excluding hydrogens is 401 g/mol. The van der Waals surface area contributed by atoms with Gasteiger partial charge >= 0.3 is 0 Å². The minimum absolute atomic E-state index is 0.0843. The van der Waals surface area contributed by atoms with Gasteiger partial charge in [-0.15, -0.1) is 0 Å².